The molecular formula is C23H22FN7O3S. The van der Waals surface area contributed by atoms with E-state index in [0.29, 0.717) is 27.3 Å². The van der Waals surface area contributed by atoms with E-state index in [1.165, 1.54) is 41.3 Å². The molecule has 0 fully saturated rings. The molecule has 2 heterocycles. The molecule has 180 valence electrons. The number of carbonyl (C=O) groups excluding carboxylic acids is 1. The highest BCUT2D eigenvalue weighted by Crippen LogP contribution is 2.34. The number of nitro groups is 1. The third kappa shape index (κ3) is 5.22. The fourth-order valence-electron chi connectivity index (χ4n) is 3.16. The van der Waals surface area contributed by atoms with Crippen molar-refractivity contribution in [1.29, 1.82) is 0 Å². The van der Waals surface area contributed by atoms with E-state index in [0.717, 1.165) is 11.8 Å². The molecule has 12 heteroatoms. The fraction of sp³-hybridized carbons (Fsp3) is 0.217. The lowest BCUT2D eigenvalue weighted by Crippen LogP contribution is -2.15. The van der Waals surface area contributed by atoms with Crippen molar-refractivity contribution in [2.24, 2.45) is 7.05 Å². The van der Waals surface area contributed by atoms with Gasteiger partial charge in [-0.1, -0.05) is 20.8 Å². The molecule has 0 radical (unpaired) electrons. The summed E-state index contributed by atoms with van der Waals surface area (Å²) in [5.41, 5.74) is 0.816. The van der Waals surface area contributed by atoms with Gasteiger partial charge in [-0.25, -0.2) is 9.07 Å². The summed E-state index contributed by atoms with van der Waals surface area (Å²) in [6, 6.07) is 11.7. The molecule has 10 nitrogen and oxygen atoms in total. The highest BCUT2D eigenvalue weighted by Gasteiger charge is 2.24. The van der Waals surface area contributed by atoms with Crippen LogP contribution in [0.2, 0.25) is 0 Å². The maximum absolute atomic E-state index is 13.4. The molecular weight excluding hydrogens is 473 g/mol. The SMILES string of the molecule is Cn1cnnc1Sc1ccc(C(=O)Nc2cc(C(C)(C)C)nn2-c2ccc(F)cc2)cc1[N+](=O)[O-]. The van der Waals surface area contributed by atoms with Crippen molar-refractivity contribution in [2.45, 2.75) is 36.2 Å². The van der Waals surface area contributed by atoms with Gasteiger partial charge in [-0.15, -0.1) is 10.2 Å². The quantitative estimate of drug-likeness (QED) is 0.303. The summed E-state index contributed by atoms with van der Waals surface area (Å²) >= 11 is 1.08. The zero-order valence-corrected chi connectivity index (χ0v) is 20.2. The van der Waals surface area contributed by atoms with Crippen molar-refractivity contribution >= 4 is 29.2 Å². The molecule has 35 heavy (non-hydrogen) atoms. The van der Waals surface area contributed by atoms with Crippen LogP contribution < -0.4 is 5.32 Å². The molecule has 2 aromatic heterocycles. The molecule has 0 aliphatic rings. The van der Waals surface area contributed by atoms with Gasteiger partial charge in [0.15, 0.2) is 5.16 Å². The Morgan fingerprint density at radius 3 is 2.46 bits per heavy atom. The van der Waals surface area contributed by atoms with Crippen LogP contribution in [0.25, 0.3) is 5.69 Å². The number of halogens is 1. The van der Waals surface area contributed by atoms with Crippen LogP contribution in [-0.2, 0) is 12.5 Å². The second-order valence-corrected chi connectivity index (χ2v) is 9.78. The number of nitrogens with zero attached hydrogens (tertiary/aromatic N) is 6. The summed E-state index contributed by atoms with van der Waals surface area (Å²) in [4.78, 5) is 24.6. The normalized spacial score (nSPS) is 11.5. The van der Waals surface area contributed by atoms with E-state index in [2.05, 4.69) is 20.6 Å². The van der Waals surface area contributed by atoms with Crippen LogP contribution in [0.3, 0.4) is 0 Å². The van der Waals surface area contributed by atoms with Crippen LogP contribution in [0.5, 0.6) is 0 Å². The third-order valence-corrected chi connectivity index (χ3v) is 6.20. The maximum Gasteiger partial charge on any atom is 0.284 e. The fourth-order valence-corrected chi connectivity index (χ4v) is 4.01. The highest BCUT2D eigenvalue weighted by atomic mass is 32.2. The van der Waals surface area contributed by atoms with Gasteiger partial charge in [-0.3, -0.25) is 14.9 Å². The van der Waals surface area contributed by atoms with E-state index < -0.39 is 16.6 Å². The van der Waals surface area contributed by atoms with Crippen LogP contribution in [0, 0.1) is 15.9 Å². The molecule has 0 saturated carbocycles. The predicted octanol–water partition coefficient (Wildman–Crippen LogP) is 4.75. The molecule has 0 aliphatic heterocycles. The monoisotopic (exact) mass is 495 g/mol. The molecule has 1 amide bonds. The largest absolute Gasteiger partial charge is 0.311 e. The minimum absolute atomic E-state index is 0.100. The first kappa shape index (κ1) is 24.1. The first-order valence-corrected chi connectivity index (χ1v) is 11.3. The number of aromatic nitrogens is 5. The van der Waals surface area contributed by atoms with E-state index >= 15 is 0 Å². The van der Waals surface area contributed by atoms with E-state index in [-0.39, 0.29) is 16.7 Å². The van der Waals surface area contributed by atoms with E-state index in [4.69, 9.17) is 0 Å². The first-order valence-electron chi connectivity index (χ1n) is 10.5. The van der Waals surface area contributed by atoms with Gasteiger partial charge >= 0.3 is 0 Å². The lowest BCUT2D eigenvalue weighted by molar-refractivity contribution is -0.387. The average Bonchev–Trinajstić information content (AvgIpc) is 3.40. The van der Waals surface area contributed by atoms with E-state index in [9.17, 15) is 19.3 Å². The Kier molecular flexibility index (Phi) is 6.39. The summed E-state index contributed by atoms with van der Waals surface area (Å²) in [7, 11) is 1.73. The summed E-state index contributed by atoms with van der Waals surface area (Å²) in [5.74, 6) is -0.590. The van der Waals surface area contributed by atoms with Crippen molar-refractivity contribution < 1.29 is 14.1 Å². The van der Waals surface area contributed by atoms with Gasteiger partial charge in [0.1, 0.15) is 18.0 Å². The molecule has 2 aromatic carbocycles. The zero-order chi connectivity index (χ0) is 25.3. The van der Waals surface area contributed by atoms with Crippen LogP contribution in [0.4, 0.5) is 15.9 Å². The van der Waals surface area contributed by atoms with Gasteiger partial charge in [0, 0.05) is 30.2 Å². The number of anilines is 1. The summed E-state index contributed by atoms with van der Waals surface area (Å²) in [5, 5.41) is 27.3. The number of amides is 1. The number of rotatable bonds is 6. The van der Waals surface area contributed by atoms with Crippen molar-refractivity contribution in [1.82, 2.24) is 24.5 Å². The van der Waals surface area contributed by atoms with Gasteiger partial charge in [0.05, 0.1) is 21.2 Å². The number of benzene rings is 2. The Morgan fingerprint density at radius 2 is 1.86 bits per heavy atom. The molecule has 4 rings (SSSR count). The summed E-state index contributed by atoms with van der Waals surface area (Å²) < 4.78 is 16.6. The predicted molar refractivity (Wildman–Crippen MR) is 128 cm³/mol. The zero-order valence-electron chi connectivity index (χ0n) is 19.4. The van der Waals surface area contributed by atoms with Crippen LogP contribution in [0.15, 0.2) is 64.9 Å². The van der Waals surface area contributed by atoms with E-state index in [1.54, 1.807) is 29.8 Å². The standard InChI is InChI=1S/C23H22FN7O3S/c1-23(2,3)19-12-20(30(28-19)16-8-6-15(24)7-9-16)26-21(32)14-5-10-18(17(11-14)31(33)34)35-22-27-25-13-29(22)4/h5-13H,1-4H3,(H,26,32). The molecule has 0 unspecified atom stereocenters. The van der Waals surface area contributed by atoms with Gasteiger partial charge in [0.25, 0.3) is 11.6 Å². The molecule has 0 spiro atoms. The second-order valence-electron chi connectivity index (χ2n) is 8.77. The number of hydrogen-bond donors (Lipinski definition) is 1. The van der Waals surface area contributed by atoms with E-state index in [1.807, 2.05) is 20.8 Å². The molecule has 0 atom stereocenters. The van der Waals surface area contributed by atoms with Crippen molar-refractivity contribution in [3.05, 3.63) is 82.0 Å². The average molecular weight is 496 g/mol. The van der Waals surface area contributed by atoms with Gasteiger partial charge in [-0.2, -0.15) is 5.10 Å². The maximum atomic E-state index is 13.4. The van der Waals surface area contributed by atoms with Crippen LogP contribution >= 0.6 is 11.8 Å². The second kappa shape index (κ2) is 9.29. The molecule has 1 N–H and O–H groups in total. The summed E-state index contributed by atoms with van der Waals surface area (Å²) in [6.45, 7) is 5.94. The van der Waals surface area contributed by atoms with Gasteiger partial charge in [-0.05, 0) is 48.2 Å². The van der Waals surface area contributed by atoms with Crippen molar-refractivity contribution in [2.75, 3.05) is 5.32 Å². The number of aryl methyl sites for hydroxylation is 1. The van der Waals surface area contributed by atoms with Crippen LogP contribution in [-0.4, -0.2) is 35.4 Å². The number of nitro benzene ring substituents is 1. The Hall–Kier alpha value is -4.06. The number of carbonyl (C=O) groups is 1. The minimum Gasteiger partial charge on any atom is -0.311 e. The summed E-state index contributed by atoms with van der Waals surface area (Å²) in [6.07, 6.45) is 1.49. The third-order valence-electron chi connectivity index (χ3n) is 5.08. The van der Waals surface area contributed by atoms with Crippen molar-refractivity contribution in [3.8, 4) is 5.69 Å². The minimum atomic E-state index is -0.549. The van der Waals surface area contributed by atoms with Crippen LogP contribution in [0.1, 0.15) is 36.8 Å². The van der Waals surface area contributed by atoms with Gasteiger partial charge in [0.2, 0.25) is 0 Å². The Balaban J connectivity index is 1.67. The van der Waals surface area contributed by atoms with Gasteiger partial charge < -0.3 is 9.88 Å². The Morgan fingerprint density at radius 1 is 1.14 bits per heavy atom. The lowest BCUT2D eigenvalue weighted by atomic mass is 9.92. The number of hydrogen-bond acceptors (Lipinski definition) is 7. The van der Waals surface area contributed by atoms with Crippen molar-refractivity contribution in [3.63, 3.8) is 0 Å². The first-order chi connectivity index (χ1) is 16.5. The topological polar surface area (TPSA) is 121 Å². The molecule has 0 saturated heterocycles. The highest BCUT2D eigenvalue weighted by molar-refractivity contribution is 7.99. The molecule has 0 aliphatic carbocycles. The number of nitrogens with one attached hydrogen (secondary N) is 1. The molecule has 0 bridgehead atoms. The Bertz CT molecular complexity index is 1410. The molecule has 4 aromatic rings. The Labute approximate surface area is 204 Å². The smallest absolute Gasteiger partial charge is 0.284 e. The lowest BCUT2D eigenvalue weighted by Gasteiger charge is -2.14.